The number of fused-ring (bicyclic) bond motifs is 1. The van der Waals surface area contributed by atoms with Crippen LogP contribution in [0.3, 0.4) is 0 Å². The Morgan fingerprint density at radius 1 is 1.17 bits per heavy atom. The minimum Gasteiger partial charge on any atom is -0.477 e. The smallest absolute Gasteiger partial charge is 0.346 e. The maximum Gasteiger partial charge on any atom is 0.346 e. The van der Waals surface area contributed by atoms with Gasteiger partial charge in [0.2, 0.25) is 0 Å². The summed E-state index contributed by atoms with van der Waals surface area (Å²) in [4.78, 5) is 15.7. The van der Waals surface area contributed by atoms with Gasteiger partial charge in [0.05, 0.1) is 0 Å². The predicted octanol–water partition coefficient (Wildman–Crippen LogP) is 3.66. The maximum atomic E-state index is 11.2. The highest BCUT2D eigenvalue weighted by Gasteiger charge is 2.14. The first kappa shape index (κ1) is 10.9. The van der Waals surface area contributed by atoms with Crippen LogP contribution in [0, 0.1) is 0 Å². The molecule has 1 aromatic carbocycles. The van der Waals surface area contributed by atoms with E-state index in [9.17, 15) is 9.90 Å². The average molecular weight is 255 g/mol. The van der Waals surface area contributed by atoms with Crippen LogP contribution in [0.1, 0.15) is 9.67 Å². The van der Waals surface area contributed by atoms with E-state index in [2.05, 4.69) is 4.98 Å². The molecule has 0 aliphatic carbocycles. The van der Waals surface area contributed by atoms with Crippen molar-refractivity contribution in [3.05, 3.63) is 53.0 Å². The Hall–Kier alpha value is -2.20. The summed E-state index contributed by atoms with van der Waals surface area (Å²) in [5.74, 6) is -0.888. The summed E-state index contributed by atoms with van der Waals surface area (Å²) in [5.41, 5.74) is 1.67. The van der Waals surface area contributed by atoms with Gasteiger partial charge in [0.25, 0.3) is 0 Å². The Bertz CT molecular complexity index is 728. The lowest BCUT2D eigenvalue weighted by atomic mass is 10.0. The van der Waals surface area contributed by atoms with Crippen LogP contribution in [0.25, 0.3) is 21.9 Å². The molecule has 0 spiro atoms. The molecule has 18 heavy (non-hydrogen) atoms. The Kier molecular flexibility index (Phi) is 2.57. The van der Waals surface area contributed by atoms with Gasteiger partial charge in [-0.2, -0.15) is 0 Å². The average Bonchev–Trinajstić information content (AvgIpc) is 2.87. The van der Waals surface area contributed by atoms with Crippen LogP contribution < -0.4 is 0 Å². The number of aromatic nitrogens is 1. The highest BCUT2D eigenvalue weighted by molar-refractivity contribution is 7.12. The van der Waals surface area contributed by atoms with Crippen molar-refractivity contribution in [1.82, 2.24) is 4.98 Å². The van der Waals surface area contributed by atoms with Gasteiger partial charge in [0.15, 0.2) is 0 Å². The largest absolute Gasteiger partial charge is 0.477 e. The number of carboxylic acid groups (broad SMARTS) is 1. The predicted molar refractivity (Wildman–Crippen MR) is 72.0 cm³/mol. The first-order valence-corrected chi connectivity index (χ1v) is 6.29. The molecule has 0 aliphatic heterocycles. The van der Waals surface area contributed by atoms with Gasteiger partial charge in [-0.3, -0.25) is 4.98 Å². The van der Waals surface area contributed by atoms with E-state index in [0.29, 0.717) is 4.88 Å². The molecule has 0 saturated carbocycles. The summed E-state index contributed by atoms with van der Waals surface area (Å²) in [5, 5.41) is 13.0. The van der Waals surface area contributed by atoms with Crippen LogP contribution in [0.2, 0.25) is 0 Å². The number of pyridine rings is 1. The van der Waals surface area contributed by atoms with Crippen LogP contribution in [0.4, 0.5) is 0 Å². The molecule has 3 aromatic rings. The highest BCUT2D eigenvalue weighted by atomic mass is 32.1. The molecular formula is C14H9NO2S. The fourth-order valence-electron chi connectivity index (χ4n) is 2.04. The van der Waals surface area contributed by atoms with Crippen LogP contribution in [-0.2, 0) is 0 Å². The van der Waals surface area contributed by atoms with Crippen molar-refractivity contribution in [2.24, 2.45) is 0 Å². The van der Waals surface area contributed by atoms with E-state index in [0.717, 1.165) is 21.9 Å². The molecule has 4 heteroatoms. The fourth-order valence-corrected chi connectivity index (χ4v) is 2.78. The summed E-state index contributed by atoms with van der Waals surface area (Å²) in [6, 6.07) is 9.62. The number of carboxylic acids is 1. The number of hydrogen-bond acceptors (Lipinski definition) is 3. The standard InChI is InChI=1S/C14H9NO2S/c16-14(17)13-11(5-7-18-13)10-3-1-2-9-4-6-15-8-12(9)10/h1-8H,(H,16,17). The lowest BCUT2D eigenvalue weighted by Gasteiger charge is -2.05. The molecule has 0 fully saturated rings. The topological polar surface area (TPSA) is 50.2 Å². The van der Waals surface area contributed by atoms with Crippen LogP contribution in [0.15, 0.2) is 48.1 Å². The second kappa shape index (κ2) is 4.23. The third-order valence-electron chi connectivity index (χ3n) is 2.83. The van der Waals surface area contributed by atoms with Crippen LogP contribution in [-0.4, -0.2) is 16.1 Å². The zero-order valence-corrected chi connectivity index (χ0v) is 10.1. The van der Waals surface area contributed by atoms with Gasteiger partial charge in [-0.05, 0) is 28.5 Å². The molecule has 0 aliphatic rings. The van der Waals surface area contributed by atoms with E-state index >= 15 is 0 Å². The van der Waals surface area contributed by atoms with Gasteiger partial charge in [-0.1, -0.05) is 18.2 Å². The van der Waals surface area contributed by atoms with Crippen molar-refractivity contribution < 1.29 is 9.90 Å². The summed E-state index contributed by atoms with van der Waals surface area (Å²) in [6.45, 7) is 0. The summed E-state index contributed by atoms with van der Waals surface area (Å²) >= 11 is 1.24. The molecule has 0 saturated heterocycles. The van der Waals surface area contributed by atoms with E-state index < -0.39 is 5.97 Å². The van der Waals surface area contributed by atoms with Gasteiger partial charge in [0.1, 0.15) is 4.88 Å². The Morgan fingerprint density at radius 2 is 2.06 bits per heavy atom. The van der Waals surface area contributed by atoms with Gasteiger partial charge in [-0.15, -0.1) is 11.3 Å². The molecule has 2 heterocycles. The number of aromatic carboxylic acids is 1. The van der Waals surface area contributed by atoms with E-state index in [-0.39, 0.29) is 0 Å². The van der Waals surface area contributed by atoms with Crippen molar-refractivity contribution in [2.45, 2.75) is 0 Å². The monoisotopic (exact) mass is 255 g/mol. The number of thiophene rings is 1. The zero-order chi connectivity index (χ0) is 12.5. The molecule has 0 bridgehead atoms. The van der Waals surface area contributed by atoms with Crippen LogP contribution >= 0.6 is 11.3 Å². The number of carbonyl (C=O) groups is 1. The van der Waals surface area contributed by atoms with Gasteiger partial charge in [0, 0.05) is 23.3 Å². The Balaban J connectivity index is 2.32. The summed E-state index contributed by atoms with van der Waals surface area (Å²) in [7, 11) is 0. The minimum atomic E-state index is -0.888. The number of nitrogens with zero attached hydrogens (tertiary/aromatic N) is 1. The van der Waals surface area contributed by atoms with E-state index in [1.165, 1.54) is 11.3 Å². The third-order valence-corrected chi connectivity index (χ3v) is 3.74. The maximum absolute atomic E-state index is 11.2. The van der Waals surface area contributed by atoms with Gasteiger partial charge in [-0.25, -0.2) is 4.79 Å². The molecular weight excluding hydrogens is 246 g/mol. The Morgan fingerprint density at radius 3 is 2.89 bits per heavy atom. The second-order valence-electron chi connectivity index (χ2n) is 3.87. The van der Waals surface area contributed by atoms with Gasteiger partial charge < -0.3 is 5.11 Å². The summed E-state index contributed by atoms with van der Waals surface area (Å²) in [6.07, 6.45) is 3.51. The van der Waals surface area contributed by atoms with E-state index in [1.54, 1.807) is 17.8 Å². The lowest BCUT2D eigenvalue weighted by molar-refractivity contribution is 0.0703. The SMILES string of the molecule is O=C(O)c1sccc1-c1cccc2ccncc12. The van der Waals surface area contributed by atoms with E-state index in [1.807, 2.05) is 30.3 Å². The quantitative estimate of drug-likeness (QED) is 0.760. The normalized spacial score (nSPS) is 10.7. The number of rotatable bonds is 2. The molecule has 3 nitrogen and oxygen atoms in total. The second-order valence-corrected chi connectivity index (χ2v) is 4.79. The Labute approximate surface area is 107 Å². The minimum absolute atomic E-state index is 0.367. The molecule has 3 rings (SSSR count). The lowest BCUT2D eigenvalue weighted by Crippen LogP contribution is -1.94. The van der Waals surface area contributed by atoms with Crippen molar-refractivity contribution in [3.8, 4) is 11.1 Å². The molecule has 0 atom stereocenters. The van der Waals surface area contributed by atoms with E-state index in [4.69, 9.17) is 0 Å². The molecule has 2 aromatic heterocycles. The first-order valence-electron chi connectivity index (χ1n) is 5.41. The van der Waals surface area contributed by atoms with Crippen molar-refractivity contribution in [2.75, 3.05) is 0 Å². The molecule has 1 N–H and O–H groups in total. The zero-order valence-electron chi connectivity index (χ0n) is 9.33. The van der Waals surface area contributed by atoms with Crippen LogP contribution in [0.5, 0.6) is 0 Å². The fraction of sp³-hybridized carbons (Fsp3) is 0. The third kappa shape index (κ3) is 1.67. The first-order chi connectivity index (χ1) is 8.77. The van der Waals surface area contributed by atoms with Crippen molar-refractivity contribution in [1.29, 1.82) is 0 Å². The van der Waals surface area contributed by atoms with Crippen molar-refractivity contribution >= 4 is 28.1 Å². The molecule has 88 valence electrons. The summed E-state index contributed by atoms with van der Waals surface area (Å²) < 4.78 is 0. The van der Waals surface area contributed by atoms with Crippen molar-refractivity contribution in [3.63, 3.8) is 0 Å². The molecule has 0 unspecified atom stereocenters. The molecule has 0 radical (unpaired) electrons. The molecule has 0 amide bonds. The highest BCUT2D eigenvalue weighted by Crippen LogP contribution is 2.33. The van der Waals surface area contributed by atoms with Gasteiger partial charge >= 0.3 is 5.97 Å². The number of benzene rings is 1. The number of hydrogen-bond donors (Lipinski definition) is 1.